The van der Waals surface area contributed by atoms with Gasteiger partial charge in [-0.3, -0.25) is 0 Å². The van der Waals surface area contributed by atoms with Crippen LogP contribution < -0.4 is 0 Å². The Labute approximate surface area is 77.3 Å². The second kappa shape index (κ2) is 3.63. The van der Waals surface area contributed by atoms with Crippen LogP contribution in [0.3, 0.4) is 0 Å². The molecular formula is C9H12N2S. The highest BCUT2D eigenvalue weighted by Gasteiger charge is 2.01. The smallest absolute Gasteiger partial charge is 0.0921 e. The first kappa shape index (κ1) is 7.68. The highest BCUT2D eigenvalue weighted by Crippen LogP contribution is 2.25. The minimum absolute atomic E-state index is 0. The molecule has 0 bridgehead atoms. The summed E-state index contributed by atoms with van der Waals surface area (Å²) in [5.74, 6) is 0. The van der Waals surface area contributed by atoms with E-state index in [1.807, 2.05) is 6.20 Å². The van der Waals surface area contributed by atoms with Crippen molar-refractivity contribution < 1.29 is 1.43 Å². The van der Waals surface area contributed by atoms with Crippen molar-refractivity contribution in [2.75, 3.05) is 0 Å². The predicted octanol–water partition coefficient (Wildman–Crippen LogP) is 2.73. The van der Waals surface area contributed by atoms with Crippen molar-refractivity contribution in [2.24, 2.45) is 0 Å². The number of H-pyrrole nitrogens is 1. The quantitative estimate of drug-likeness (QED) is 0.758. The van der Waals surface area contributed by atoms with Crippen molar-refractivity contribution in [2.45, 2.75) is 12.8 Å². The third-order valence-electron chi connectivity index (χ3n) is 1.72. The number of allylic oxidation sites excluding steroid dienone is 3. The standard InChI is InChI=1S/C9H10N2S.H2/c1-2-4-12-9(3-1)5-8-6-10-7-11-8;/h2-4,6-7H,1,5H2,(H,10,11);1H. The number of aromatic amines is 1. The maximum Gasteiger partial charge on any atom is 0.0921 e. The van der Waals surface area contributed by atoms with Gasteiger partial charge in [-0.2, -0.15) is 0 Å². The molecule has 0 fully saturated rings. The monoisotopic (exact) mass is 180 g/mol. The lowest BCUT2D eigenvalue weighted by Gasteiger charge is -2.05. The van der Waals surface area contributed by atoms with E-state index in [9.17, 15) is 0 Å². The first-order valence-corrected chi connectivity index (χ1v) is 4.81. The van der Waals surface area contributed by atoms with Crippen LogP contribution in [-0.2, 0) is 6.42 Å². The first-order chi connectivity index (χ1) is 5.95. The lowest BCUT2D eigenvalue weighted by atomic mass is 10.2. The summed E-state index contributed by atoms with van der Waals surface area (Å²) in [6.45, 7) is 0. The van der Waals surface area contributed by atoms with Crippen molar-refractivity contribution in [1.29, 1.82) is 0 Å². The largest absolute Gasteiger partial charge is 0.348 e. The van der Waals surface area contributed by atoms with Crippen LogP contribution in [0.4, 0.5) is 0 Å². The molecule has 64 valence electrons. The molecule has 0 saturated heterocycles. The predicted molar refractivity (Wildman–Crippen MR) is 53.8 cm³/mol. The number of nitrogens with one attached hydrogen (secondary N) is 1. The van der Waals surface area contributed by atoms with E-state index in [-0.39, 0.29) is 1.43 Å². The molecule has 2 nitrogen and oxygen atoms in total. The molecule has 1 aliphatic rings. The molecule has 0 unspecified atom stereocenters. The Bertz CT molecular complexity index is 303. The van der Waals surface area contributed by atoms with Gasteiger partial charge in [0.05, 0.1) is 6.33 Å². The van der Waals surface area contributed by atoms with Gasteiger partial charge in [-0.1, -0.05) is 12.2 Å². The summed E-state index contributed by atoms with van der Waals surface area (Å²) in [5, 5.41) is 2.14. The van der Waals surface area contributed by atoms with Crippen LogP contribution in [0.25, 0.3) is 0 Å². The number of nitrogens with zero attached hydrogens (tertiary/aromatic N) is 1. The van der Waals surface area contributed by atoms with Crippen LogP contribution in [0.15, 0.2) is 35.0 Å². The molecule has 1 aliphatic heterocycles. The Morgan fingerprint density at radius 3 is 3.33 bits per heavy atom. The fraction of sp³-hybridized carbons (Fsp3) is 0.222. The molecule has 1 aromatic rings. The molecule has 0 atom stereocenters. The van der Waals surface area contributed by atoms with Gasteiger partial charge in [0.25, 0.3) is 0 Å². The fourth-order valence-electron chi connectivity index (χ4n) is 1.12. The summed E-state index contributed by atoms with van der Waals surface area (Å²) in [7, 11) is 0. The summed E-state index contributed by atoms with van der Waals surface area (Å²) >= 11 is 1.79. The minimum atomic E-state index is 0. The molecule has 2 heterocycles. The maximum absolute atomic E-state index is 3.98. The number of hydrogen-bond donors (Lipinski definition) is 1. The number of aromatic nitrogens is 2. The van der Waals surface area contributed by atoms with Gasteiger partial charge in [0.15, 0.2) is 0 Å². The van der Waals surface area contributed by atoms with E-state index in [0.717, 1.165) is 12.8 Å². The van der Waals surface area contributed by atoms with Gasteiger partial charge in [0, 0.05) is 19.7 Å². The number of thioether (sulfide) groups is 1. The van der Waals surface area contributed by atoms with E-state index >= 15 is 0 Å². The number of hydrogen-bond acceptors (Lipinski definition) is 2. The number of rotatable bonds is 2. The average Bonchev–Trinajstić information content (AvgIpc) is 2.59. The molecule has 1 N–H and O–H groups in total. The molecule has 2 rings (SSSR count). The normalized spacial score (nSPS) is 16.2. The molecule has 3 heteroatoms. The fourth-order valence-corrected chi connectivity index (χ4v) is 1.93. The highest BCUT2D eigenvalue weighted by molar-refractivity contribution is 8.05. The third-order valence-corrected chi connectivity index (χ3v) is 2.66. The van der Waals surface area contributed by atoms with E-state index in [2.05, 4.69) is 27.5 Å². The van der Waals surface area contributed by atoms with Crippen molar-refractivity contribution >= 4 is 11.8 Å². The first-order valence-electron chi connectivity index (χ1n) is 3.93. The second-order valence-corrected chi connectivity index (χ2v) is 3.68. The van der Waals surface area contributed by atoms with E-state index < -0.39 is 0 Å². The average molecular weight is 180 g/mol. The zero-order valence-corrected chi connectivity index (χ0v) is 7.47. The molecule has 0 amide bonds. The van der Waals surface area contributed by atoms with E-state index in [0.29, 0.717) is 0 Å². The van der Waals surface area contributed by atoms with E-state index in [1.54, 1.807) is 18.1 Å². The van der Waals surface area contributed by atoms with Crippen LogP contribution in [-0.4, -0.2) is 9.97 Å². The second-order valence-electron chi connectivity index (χ2n) is 2.65. The summed E-state index contributed by atoms with van der Waals surface area (Å²) < 4.78 is 0. The van der Waals surface area contributed by atoms with Gasteiger partial charge >= 0.3 is 0 Å². The van der Waals surface area contributed by atoms with Crippen LogP contribution in [0, 0.1) is 0 Å². The maximum atomic E-state index is 3.98. The highest BCUT2D eigenvalue weighted by atomic mass is 32.2. The van der Waals surface area contributed by atoms with Crippen LogP contribution >= 0.6 is 11.8 Å². The number of imidazole rings is 1. The van der Waals surface area contributed by atoms with E-state index in [4.69, 9.17) is 0 Å². The van der Waals surface area contributed by atoms with Crippen molar-refractivity contribution in [3.05, 3.63) is 40.7 Å². The SMILES string of the molecule is C1=CSC(Cc2cnc[nH]2)=CC1.[HH]. The summed E-state index contributed by atoms with van der Waals surface area (Å²) in [4.78, 5) is 8.48. The molecule has 0 radical (unpaired) electrons. The molecule has 0 spiro atoms. The van der Waals surface area contributed by atoms with Crippen LogP contribution in [0.5, 0.6) is 0 Å². The van der Waals surface area contributed by atoms with Crippen LogP contribution in [0.2, 0.25) is 0 Å². The van der Waals surface area contributed by atoms with Crippen molar-refractivity contribution in [3.63, 3.8) is 0 Å². The summed E-state index contributed by atoms with van der Waals surface area (Å²) in [5.41, 5.74) is 1.18. The van der Waals surface area contributed by atoms with Gasteiger partial charge in [0.2, 0.25) is 0 Å². The van der Waals surface area contributed by atoms with Crippen molar-refractivity contribution in [1.82, 2.24) is 9.97 Å². The Morgan fingerprint density at radius 1 is 1.67 bits per heavy atom. The molecule has 0 aliphatic carbocycles. The zero-order chi connectivity index (χ0) is 8.23. The van der Waals surface area contributed by atoms with Gasteiger partial charge in [-0.25, -0.2) is 4.98 Å². The van der Waals surface area contributed by atoms with Gasteiger partial charge in [0.1, 0.15) is 0 Å². The summed E-state index contributed by atoms with van der Waals surface area (Å²) in [6, 6.07) is 0. The molecular weight excluding hydrogens is 168 g/mol. The Kier molecular flexibility index (Phi) is 2.32. The Morgan fingerprint density at radius 2 is 2.67 bits per heavy atom. The minimum Gasteiger partial charge on any atom is -0.348 e. The zero-order valence-electron chi connectivity index (χ0n) is 6.66. The lowest BCUT2D eigenvalue weighted by Crippen LogP contribution is -1.88. The van der Waals surface area contributed by atoms with Gasteiger partial charge in [-0.05, 0) is 16.7 Å². The molecule has 12 heavy (non-hydrogen) atoms. The summed E-state index contributed by atoms with van der Waals surface area (Å²) in [6.07, 6.45) is 10.1. The van der Waals surface area contributed by atoms with Gasteiger partial charge < -0.3 is 4.98 Å². The molecule has 0 aromatic carbocycles. The molecule has 1 aromatic heterocycles. The lowest BCUT2D eigenvalue weighted by molar-refractivity contribution is 1.12. The third kappa shape index (κ3) is 1.80. The van der Waals surface area contributed by atoms with Gasteiger partial charge in [-0.15, -0.1) is 11.8 Å². The Hall–Kier alpha value is -0.960. The Balaban J connectivity index is 0.000000845. The van der Waals surface area contributed by atoms with Crippen molar-refractivity contribution in [3.8, 4) is 0 Å². The molecule has 0 saturated carbocycles. The van der Waals surface area contributed by atoms with E-state index in [1.165, 1.54) is 10.6 Å². The van der Waals surface area contributed by atoms with Crippen LogP contribution in [0.1, 0.15) is 13.5 Å². The topological polar surface area (TPSA) is 28.7 Å².